The van der Waals surface area contributed by atoms with Gasteiger partial charge in [-0.05, 0) is 25.7 Å². The van der Waals surface area contributed by atoms with E-state index < -0.39 is 0 Å². The maximum absolute atomic E-state index is 11.4. The lowest BCUT2D eigenvalue weighted by Crippen LogP contribution is -2.39. The maximum Gasteiger partial charge on any atom is 0.296 e. The molecule has 2 unspecified atom stereocenters. The molecular formula is C13H17N3O2. The summed E-state index contributed by atoms with van der Waals surface area (Å²) in [5.41, 5.74) is 1.05. The first-order valence-electron chi connectivity index (χ1n) is 6.02. The SMILES string of the molecule is CC#CC(=O)NC1CCOC(c2cnn(C)c2)C1. The minimum atomic E-state index is -0.214. The summed E-state index contributed by atoms with van der Waals surface area (Å²) in [4.78, 5) is 11.4. The molecule has 1 N–H and O–H groups in total. The van der Waals surface area contributed by atoms with E-state index in [9.17, 15) is 4.79 Å². The Morgan fingerprint density at radius 1 is 1.67 bits per heavy atom. The molecule has 1 fully saturated rings. The van der Waals surface area contributed by atoms with Crippen LogP contribution in [0.2, 0.25) is 0 Å². The van der Waals surface area contributed by atoms with E-state index in [4.69, 9.17) is 4.74 Å². The Balaban J connectivity index is 1.95. The molecule has 1 aliphatic heterocycles. The number of amides is 1. The Bertz CT molecular complexity index is 484. The molecule has 5 nitrogen and oxygen atoms in total. The number of rotatable bonds is 2. The molecule has 1 aromatic rings. The Morgan fingerprint density at radius 2 is 2.50 bits per heavy atom. The fourth-order valence-electron chi connectivity index (χ4n) is 2.10. The highest BCUT2D eigenvalue weighted by Crippen LogP contribution is 2.27. The van der Waals surface area contributed by atoms with Gasteiger partial charge in [0.2, 0.25) is 0 Å². The van der Waals surface area contributed by atoms with Crippen molar-refractivity contribution in [2.24, 2.45) is 7.05 Å². The first-order chi connectivity index (χ1) is 8.69. The van der Waals surface area contributed by atoms with Crippen LogP contribution in [0, 0.1) is 11.8 Å². The van der Waals surface area contributed by atoms with E-state index in [1.54, 1.807) is 17.8 Å². The summed E-state index contributed by atoms with van der Waals surface area (Å²) in [5, 5.41) is 7.04. The molecule has 96 valence electrons. The summed E-state index contributed by atoms with van der Waals surface area (Å²) in [6.07, 6.45) is 5.35. The van der Waals surface area contributed by atoms with Gasteiger partial charge in [0.15, 0.2) is 0 Å². The van der Waals surface area contributed by atoms with Gasteiger partial charge in [0, 0.05) is 31.5 Å². The predicted molar refractivity (Wildman–Crippen MR) is 66.5 cm³/mol. The molecule has 0 aromatic carbocycles. The lowest BCUT2D eigenvalue weighted by molar-refractivity contribution is -0.117. The molecule has 1 aromatic heterocycles. The van der Waals surface area contributed by atoms with Crippen LogP contribution in [0.15, 0.2) is 12.4 Å². The fourth-order valence-corrected chi connectivity index (χ4v) is 2.10. The van der Waals surface area contributed by atoms with Crippen LogP contribution in [0.1, 0.15) is 31.4 Å². The molecular weight excluding hydrogens is 230 g/mol. The lowest BCUT2D eigenvalue weighted by atomic mass is 9.99. The summed E-state index contributed by atoms with van der Waals surface area (Å²) in [7, 11) is 1.88. The van der Waals surface area contributed by atoms with Crippen molar-refractivity contribution in [3.8, 4) is 11.8 Å². The van der Waals surface area contributed by atoms with Gasteiger partial charge in [-0.2, -0.15) is 5.10 Å². The van der Waals surface area contributed by atoms with Crippen LogP contribution in [0.5, 0.6) is 0 Å². The molecule has 2 rings (SSSR count). The summed E-state index contributed by atoms with van der Waals surface area (Å²) in [5.74, 6) is 4.88. The number of aryl methyl sites for hydroxylation is 1. The van der Waals surface area contributed by atoms with E-state index in [0.717, 1.165) is 18.4 Å². The molecule has 0 spiro atoms. The van der Waals surface area contributed by atoms with Gasteiger partial charge in [0.1, 0.15) is 0 Å². The van der Waals surface area contributed by atoms with Crippen molar-refractivity contribution in [2.75, 3.05) is 6.61 Å². The number of carbonyl (C=O) groups excluding carboxylic acids is 1. The smallest absolute Gasteiger partial charge is 0.296 e. The molecule has 1 saturated heterocycles. The number of nitrogens with zero attached hydrogens (tertiary/aromatic N) is 2. The van der Waals surface area contributed by atoms with E-state index in [-0.39, 0.29) is 18.1 Å². The fraction of sp³-hybridized carbons (Fsp3) is 0.538. The van der Waals surface area contributed by atoms with Crippen LogP contribution in [-0.2, 0) is 16.6 Å². The van der Waals surface area contributed by atoms with E-state index in [1.807, 2.05) is 13.2 Å². The zero-order valence-corrected chi connectivity index (χ0v) is 10.6. The van der Waals surface area contributed by atoms with Crippen LogP contribution in [-0.4, -0.2) is 28.3 Å². The summed E-state index contributed by atoms with van der Waals surface area (Å²) < 4.78 is 7.46. The van der Waals surface area contributed by atoms with E-state index in [2.05, 4.69) is 22.3 Å². The number of ether oxygens (including phenoxy) is 1. The lowest BCUT2D eigenvalue weighted by Gasteiger charge is -2.29. The highest BCUT2D eigenvalue weighted by Gasteiger charge is 2.25. The summed E-state index contributed by atoms with van der Waals surface area (Å²) in [6, 6.07) is 0.123. The van der Waals surface area contributed by atoms with E-state index in [0.29, 0.717) is 6.61 Å². The molecule has 0 bridgehead atoms. The molecule has 1 amide bonds. The first-order valence-corrected chi connectivity index (χ1v) is 6.02. The number of aromatic nitrogens is 2. The number of hydrogen-bond acceptors (Lipinski definition) is 3. The second-order valence-electron chi connectivity index (χ2n) is 4.38. The van der Waals surface area contributed by atoms with Gasteiger partial charge in [-0.1, -0.05) is 5.92 Å². The number of hydrogen-bond donors (Lipinski definition) is 1. The zero-order valence-electron chi connectivity index (χ0n) is 10.6. The van der Waals surface area contributed by atoms with Crippen LogP contribution in [0.4, 0.5) is 0 Å². The van der Waals surface area contributed by atoms with Gasteiger partial charge in [-0.25, -0.2) is 0 Å². The van der Waals surface area contributed by atoms with Gasteiger partial charge >= 0.3 is 0 Å². The molecule has 2 atom stereocenters. The van der Waals surface area contributed by atoms with Crippen molar-refractivity contribution >= 4 is 5.91 Å². The standard InChI is InChI=1S/C13H17N3O2/c1-3-4-13(17)15-11-5-6-18-12(7-11)10-8-14-16(2)9-10/h8-9,11-12H,5-7H2,1-2H3,(H,15,17). The first kappa shape index (κ1) is 12.7. The third-order valence-corrected chi connectivity index (χ3v) is 2.95. The zero-order chi connectivity index (χ0) is 13.0. The van der Waals surface area contributed by atoms with E-state index in [1.165, 1.54) is 0 Å². The molecule has 0 aliphatic carbocycles. The highest BCUT2D eigenvalue weighted by atomic mass is 16.5. The Labute approximate surface area is 107 Å². The average Bonchev–Trinajstić information content (AvgIpc) is 2.76. The second-order valence-corrected chi connectivity index (χ2v) is 4.38. The van der Waals surface area contributed by atoms with Crippen LogP contribution < -0.4 is 5.32 Å². The average molecular weight is 247 g/mol. The maximum atomic E-state index is 11.4. The normalized spacial score (nSPS) is 23.0. The second kappa shape index (κ2) is 5.69. The van der Waals surface area contributed by atoms with Crippen LogP contribution in [0.3, 0.4) is 0 Å². The van der Waals surface area contributed by atoms with Crippen molar-refractivity contribution < 1.29 is 9.53 Å². The van der Waals surface area contributed by atoms with Crippen molar-refractivity contribution in [1.29, 1.82) is 0 Å². The Morgan fingerprint density at radius 3 is 3.17 bits per heavy atom. The Kier molecular flexibility index (Phi) is 4.00. The van der Waals surface area contributed by atoms with Crippen molar-refractivity contribution in [1.82, 2.24) is 15.1 Å². The van der Waals surface area contributed by atoms with Gasteiger partial charge in [0.25, 0.3) is 5.91 Å². The summed E-state index contributed by atoms with van der Waals surface area (Å²) >= 11 is 0. The Hall–Kier alpha value is -1.80. The monoisotopic (exact) mass is 247 g/mol. The highest BCUT2D eigenvalue weighted by molar-refractivity contribution is 5.93. The minimum absolute atomic E-state index is 0.00679. The third-order valence-electron chi connectivity index (χ3n) is 2.95. The topological polar surface area (TPSA) is 56.1 Å². The van der Waals surface area contributed by atoms with Crippen molar-refractivity contribution in [3.63, 3.8) is 0 Å². The summed E-state index contributed by atoms with van der Waals surface area (Å²) in [6.45, 7) is 2.30. The number of carbonyl (C=O) groups is 1. The molecule has 18 heavy (non-hydrogen) atoms. The molecule has 2 heterocycles. The van der Waals surface area contributed by atoms with Crippen LogP contribution in [0.25, 0.3) is 0 Å². The van der Waals surface area contributed by atoms with Crippen LogP contribution >= 0.6 is 0 Å². The quantitative estimate of drug-likeness (QED) is 0.786. The minimum Gasteiger partial charge on any atom is -0.373 e. The largest absolute Gasteiger partial charge is 0.373 e. The molecule has 5 heteroatoms. The predicted octanol–water partition coefficient (Wildman–Crippen LogP) is 0.780. The van der Waals surface area contributed by atoms with Gasteiger partial charge < -0.3 is 10.1 Å². The van der Waals surface area contributed by atoms with Gasteiger partial charge in [-0.15, -0.1) is 0 Å². The van der Waals surface area contributed by atoms with Crippen molar-refractivity contribution in [3.05, 3.63) is 18.0 Å². The third kappa shape index (κ3) is 3.11. The van der Waals surface area contributed by atoms with Gasteiger partial charge in [-0.3, -0.25) is 9.48 Å². The molecule has 1 aliphatic rings. The molecule has 0 saturated carbocycles. The number of nitrogens with one attached hydrogen (secondary N) is 1. The molecule has 0 radical (unpaired) electrons. The van der Waals surface area contributed by atoms with E-state index >= 15 is 0 Å². The van der Waals surface area contributed by atoms with Crippen molar-refractivity contribution in [2.45, 2.75) is 31.9 Å². The van der Waals surface area contributed by atoms with Gasteiger partial charge in [0.05, 0.1) is 12.3 Å².